The lowest BCUT2D eigenvalue weighted by atomic mass is 10.0. The molecule has 0 aliphatic rings. The Morgan fingerprint density at radius 3 is 1.96 bits per heavy atom. The van der Waals surface area contributed by atoms with E-state index < -0.39 is 34.6 Å². The van der Waals surface area contributed by atoms with Crippen molar-refractivity contribution >= 4 is 0 Å². The van der Waals surface area contributed by atoms with Gasteiger partial charge in [-0.1, -0.05) is 12.1 Å². The van der Waals surface area contributed by atoms with Crippen LogP contribution in [0.5, 0.6) is 0 Å². The van der Waals surface area contributed by atoms with E-state index in [1.54, 1.807) is 0 Å². The molecule has 0 saturated heterocycles. The van der Waals surface area contributed by atoms with Crippen molar-refractivity contribution in [1.29, 1.82) is 5.26 Å². The Hall–Kier alpha value is -2.76. The van der Waals surface area contributed by atoms with Gasteiger partial charge in [-0.25, -0.2) is 0 Å². The number of hydrogen-bond donors (Lipinski definition) is 1. The van der Waals surface area contributed by atoms with Crippen LogP contribution in [0, 0.1) is 11.3 Å². The quantitative estimate of drug-likeness (QED) is 0.804. The fourth-order valence-corrected chi connectivity index (χ4v) is 1.89. The first-order chi connectivity index (χ1) is 10.5. The Bertz CT molecular complexity index is 825. The summed E-state index contributed by atoms with van der Waals surface area (Å²) in [5.41, 5.74) is -5.18. The molecule has 0 fully saturated rings. The molecule has 23 heavy (non-hydrogen) atoms. The molecule has 2 aromatic rings. The molecule has 1 aromatic heterocycles. The molecular formula is C14H6F6N2O. The first-order valence-corrected chi connectivity index (χ1v) is 5.96. The summed E-state index contributed by atoms with van der Waals surface area (Å²) in [6.45, 7) is 0. The van der Waals surface area contributed by atoms with Crippen molar-refractivity contribution in [3.05, 3.63) is 57.4 Å². The Morgan fingerprint density at radius 1 is 0.957 bits per heavy atom. The number of nitriles is 1. The number of alkyl halides is 6. The zero-order valence-corrected chi connectivity index (χ0v) is 11.0. The van der Waals surface area contributed by atoms with Gasteiger partial charge in [0.2, 0.25) is 0 Å². The van der Waals surface area contributed by atoms with Crippen molar-refractivity contribution in [2.75, 3.05) is 0 Å². The Labute approximate surface area is 124 Å². The summed E-state index contributed by atoms with van der Waals surface area (Å²) in [6, 6.07) is 4.90. The fourth-order valence-electron chi connectivity index (χ4n) is 1.89. The molecule has 1 aromatic carbocycles. The first-order valence-electron chi connectivity index (χ1n) is 5.96. The molecule has 120 valence electrons. The number of H-pyrrole nitrogens is 1. The van der Waals surface area contributed by atoms with E-state index in [9.17, 15) is 31.1 Å². The third kappa shape index (κ3) is 3.36. The van der Waals surface area contributed by atoms with E-state index in [4.69, 9.17) is 5.26 Å². The minimum atomic E-state index is -4.94. The van der Waals surface area contributed by atoms with Crippen LogP contribution in [0.1, 0.15) is 16.7 Å². The van der Waals surface area contributed by atoms with E-state index in [1.807, 2.05) is 0 Å². The van der Waals surface area contributed by atoms with Crippen molar-refractivity contribution in [2.24, 2.45) is 0 Å². The highest BCUT2D eigenvalue weighted by atomic mass is 19.4. The van der Waals surface area contributed by atoms with Crippen LogP contribution in [0.25, 0.3) is 11.3 Å². The molecule has 2 rings (SSSR count). The maximum Gasteiger partial charge on any atom is 0.417 e. The van der Waals surface area contributed by atoms with Gasteiger partial charge >= 0.3 is 12.4 Å². The van der Waals surface area contributed by atoms with E-state index in [0.717, 1.165) is 12.1 Å². The molecular weight excluding hydrogens is 326 g/mol. The van der Waals surface area contributed by atoms with Gasteiger partial charge < -0.3 is 4.98 Å². The lowest BCUT2D eigenvalue weighted by Crippen LogP contribution is -2.19. The van der Waals surface area contributed by atoms with Crippen molar-refractivity contribution < 1.29 is 26.3 Å². The summed E-state index contributed by atoms with van der Waals surface area (Å²) < 4.78 is 76.0. The summed E-state index contributed by atoms with van der Waals surface area (Å²) in [5.74, 6) is 0. The van der Waals surface area contributed by atoms with Gasteiger partial charge in [-0.05, 0) is 23.8 Å². The lowest BCUT2D eigenvalue weighted by Gasteiger charge is -2.11. The molecule has 9 heteroatoms. The number of rotatable bonds is 1. The summed E-state index contributed by atoms with van der Waals surface area (Å²) in [4.78, 5) is 13.6. The normalized spacial score (nSPS) is 12.0. The largest absolute Gasteiger partial charge is 0.417 e. The van der Waals surface area contributed by atoms with Gasteiger partial charge in [0.05, 0.1) is 11.1 Å². The number of benzene rings is 1. The van der Waals surface area contributed by atoms with E-state index in [-0.39, 0.29) is 11.3 Å². The number of aromatic amines is 1. The van der Waals surface area contributed by atoms with Crippen LogP contribution in [0.4, 0.5) is 26.3 Å². The molecule has 0 unspecified atom stereocenters. The molecule has 1 N–H and O–H groups in total. The second-order valence-corrected chi connectivity index (χ2v) is 4.49. The minimum absolute atomic E-state index is 0.0508. The van der Waals surface area contributed by atoms with Crippen LogP contribution >= 0.6 is 0 Å². The second-order valence-electron chi connectivity index (χ2n) is 4.49. The van der Waals surface area contributed by atoms with Crippen LogP contribution in [0.15, 0.2) is 35.1 Å². The number of nitrogens with one attached hydrogen (secondary N) is 1. The summed E-state index contributed by atoms with van der Waals surface area (Å²) in [6.07, 6.45) is -9.53. The van der Waals surface area contributed by atoms with E-state index in [1.165, 1.54) is 6.07 Å². The van der Waals surface area contributed by atoms with Crippen LogP contribution in [-0.2, 0) is 12.4 Å². The van der Waals surface area contributed by atoms with Gasteiger partial charge in [0, 0.05) is 5.69 Å². The van der Waals surface area contributed by atoms with E-state index in [2.05, 4.69) is 4.98 Å². The van der Waals surface area contributed by atoms with E-state index >= 15 is 0 Å². The average Bonchev–Trinajstić information content (AvgIpc) is 2.44. The summed E-state index contributed by atoms with van der Waals surface area (Å²) >= 11 is 0. The average molecular weight is 332 g/mol. The van der Waals surface area contributed by atoms with Crippen LogP contribution < -0.4 is 5.56 Å². The minimum Gasteiger partial charge on any atom is -0.321 e. The summed E-state index contributed by atoms with van der Waals surface area (Å²) in [5, 5.41) is 8.65. The highest BCUT2D eigenvalue weighted by molar-refractivity contribution is 5.62. The first kappa shape index (κ1) is 16.6. The molecule has 0 atom stereocenters. The SMILES string of the molecule is N#Cc1c(C(F)(F)F)cc(-c2ccc(C(F)(F)F)cc2)[nH]c1=O. The maximum atomic E-state index is 12.9. The maximum absolute atomic E-state index is 12.9. The number of halogens is 6. The molecule has 0 saturated carbocycles. The smallest absolute Gasteiger partial charge is 0.321 e. The predicted octanol–water partition coefficient (Wildman–Crippen LogP) is 3.95. The third-order valence-electron chi connectivity index (χ3n) is 2.97. The van der Waals surface area contributed by atoms with Crippen LogP contribution in [-0.4, -0.2) is 4.98 Å². The van der Waals surface area contributed by atoms with Gasteiger partial charge in [0.15, 0.2) is 0 Å². The zero-order chi connectivity index (χ0) is 17.4. The van der Waals surface area contributed by atoms with Crippen molar-refractivity contribution in [2.45, 2.75) is 12.4 Å². The monoisotopic (exact) mass is 332 g/mol. The number of hydrogen-bond acceptors (Lipinski definition) is 2. The molecule has 0 aliphatic heterocycles. The Balaban J connectivity index is 2.60. The number of aromatic nitrogens is 1. The molecule has 1 heterocycles. The molecule has 0 spiro atoms. The van der Waals surface area contributed by atoms with Crippen molar-refractivity contribution in [3.63, 3.8) is 0 Å². The molecule has 0 radical (unpaired) electrons. The fraction of sp³-hybridized carbons (Fsp3) is 0.143. The molecule has 3 nitrogen and oxygen atoms in total. The predicted molar refractivity (Wildman–Crippen MR) is 67.2 cm³/mol. The highest BCUT2D eigenvalue weighted by Gasteiger charge is 2.35. The summed E-state index contributed by atoms with van der Waals surface area (Å²) in [7, 11) is 0. The zero-order valence-electron chi connectivity index (χ0n) is 11.0. The van der Waals surface area contributed by atoms with Gasteiger partial charge in [-0.3, -0.25) is 4.79 Å². The molecule has 0 bridgehead atoms. The number of pyridine rings is 1. The molecule has 0 aliphatic carbocycles. The van der Waals surface area contributed by atoms with Gasteiger partial charge in [-0.15, -0.1) is 0 Å². The standard InChI is InChI=1S/C14H6F6N2O/c15-13(16,17)8-3-1-7(2-4-8)11-5-10(14(18,19)20)9(6-21)12(23)22-11/h1-5H,(H,22,23). The van der Waals surface area contributed by atoms with Crippen molar-refractivity contribution in [1.82, 2.24) is 4.98 Å². The van der Waals surface area contributed by atoms with Crippen LogP contribution in [0.3, 0.4) is 0 Å². The lowest BCUT2D eigenvalue weighted by molar-refractivity contribution is -0.138. The topological polar surface area (TPSA) is 56.6 Å². The molecule has 0 amide bonds. The third-order valence-corrected chi connectivity index (χ3v) is 2.97. The van der Waals surface area contributed by atoms with E-state index in [0.29, 0.717) is 18.2 Å². The van der Waals surface area contributed by atoms with Gasteiger partial charge in [0.25, 0.3) is 5.56 Å². The Morgan fingerprint density at radius 2 is 1.52 bits per heavy atom. The second kappa shape index (κ2) is 5.46. The van der Waals surface area contributed by atoms with Gasteiger partial charge in [0.1, 0.15) is 11.6 Å². The Kier molecular flexibility index (Phi) is 3.94. The highest BCUT2D eigenvalue weighted by Crippen LogP contribution is 2.34. The van der Waals surface area contributed by atoms with Crippen LogP contribution in [0.2, 0.25) is 0 Å². The van der Waals surface area contributed by atoms with Crippen molar-refractivity contribution in [3.8, 4) is 17.3 Å². The van der Waals surface area contributed by atoms with Gasteiger partial charge in [-0.2, -0.15) is 31.6 Å². The number of nitrogens with zero attached hydrogens (tertiary/aromatic N) is 1.